The number of halogens is 2. The zero-order valence-corrected chi connectivity index (χ0v) is 10.0. The third-order valence-corrected chi connectivity index (χ3v) is 2.14. The number of rotatable bonds is 2. The van der Waals surface area contributed by atoms with Crippen LogP contribution in [0.2, 0.25) is 5.02 Å². The van der Waals surface area contributed by atoms with Crippen molar-refractivity contribution in [3.8, 4) is 0 Å². The van der Waals surface area contributed by atoms with Gasteiger partial charge in [-0.15, -0.1) is 0 Å². The van der Waals surface area contributed by atoms with E-state index in [1.54, 1.807) is 12.3 Å². The Morgan fingerprint density at radius 1 is 1.57 bits per heavy atom. The lowest BCUT2D eigenvalue weighted by Crippen LogP contribution is -2.25. The normalized spacial score (nSPS) is 11.6. The number of hydrogen-bond acceptors (Lipinski definition) is 3. The number of hydrogen-bond donors (Lipinski definition) is 2. The van der Waals surface area contributed by atoms with Crippen LogP contribution in [0.25, 0.3) is 0 Å². The monoisotopic (exact) mass is 275 g/mol. The molecule has 0 heterocycles. The molecule has 0 spiro atoms. The van der Waals surface area contributed by atoms with Crippen LogP contribution in [0.5, 0.6) is 0 Å². The molecule has 0 unspecified atom stereocenters. The standard InChI is InChI=1S/C9H11BrClN3/c1-6-4-7(11)2-3-8(6)14(13)5-9(10)12/h2-5H,12-13H2,1H3/b9-5-. The van der Waals surface area contributed by atoms with Gasteiger partial charge in [0.15, 0.2) is 0 Å². The molecule has 1 rings (SSSR count). The van der Waals surface area contributed by atoms with E-state index in [1.165, 1.54) is 5.01 Å². The van der Waals surface area contributed by atoms with Crippen LogP contribution >= 0.6 is 27.5 Å². The lowest BCUT2D eigenvalue weighted by Gasteiger charge is -2.16. The topological polar surface area (TPSA) is 55.3 Å². The van der Waals surface area contributed by atoms with E-state index in [-0.39, 0.29) is 0 Å². The molecule has 0 aliphatic carbocycles. The second kappa shape index (κ2) is 4.68. The van der Waals surface area contributed by atoms with Gasteiger partial charge in [-0.1, -0.05) is 11.6 Å². The first-order chi connectivity index (χ1) is 6.50. The van der Waals surface area contributed by atoms with Crippen molar-refractivity contribution in [3.05, 3.63) is 39.6 Å². The third kappa shape index (κ3) is 2.90. The first kappa shape index (κ1) is 11.4. The Balaban J connectivity index is 3.02. The minimum Gasteiger partial charge on any atom is -0.392 e. The molecule has 0 fully saturated rings. The summed E-state index contributed by atoms with van der Waals surface area (Å²) in [6, 6.07) is 5.46. The SMILES string of the molecule is Cc1cc(Cl)ccc1N(N)/C=C(\N)Br. The molecule has 1 aromatic carbocycles. The number of anilines is 1. The minimum absolute atomic E-state index is 0.467. The molecule has 0 atom stereocenters. The molecule has 0 amide bonds. The Morgan fingerprint density at radius 3 is 2.71 bits per heavy atom. The molecule has 76 valence electrons. The van der Waals surface area contributed by atoms with E-state index >= 15 is 0 Å². The third-order valence-electron chi connectivity index (χ3n) is 1.70. The molecular weight excluding hydrogens is 265 g/mol. The van der Waals surface area contributed by atoms with Crippen LogP contribution < -0.4 is 16.6 Å². The van der Waals surface area contributed by atoms with Gasteiger partial charge in [0.05, 0.1) is 16.5 Å². The van der Waals surface area contributed by atoms with Crippen LogP contribution in [-0.4, -0.2) is 0 Å². The highest BCUT2D eigenvalue weighted by molar-refractivity contribution is 9.11. The van der Waals surface area contributed by atoms with Crippen molar-refractivity contribution >= 4 is 33.2 Å². The van der Waals surface area contributed by atoms with Crippen molar-refractivity contribution in [3.63, 3.8) is 0 Å². The van der Waals surface area contributed by atoms with Crippen molar-refractivity contribution in [2.75, 3.05) is 5.01 Å². The molecule has 0 bridgehead atoms. The molecule has 1 aromatic rings. The fourth-order valence-electron chi connectivity index (χ4n) is 1.11. The van der Waals surface area contributed by atoms with E-state index in [1.807, 2.05) is 19.1 Å². The fraction of sp³-hybridized carbons (Fsp3) is 0.111. The molecule has 4 N–H and O–H groups in total. The lowest BCUT2D eigenvalue weighted by atomic mass is 10.2. The molecule has 0 aliphatic heterocycles. The largest absolute Gasteiger partial charge is 0.392 e. The minimum atomic E-state index is 0.467. The summed E-state index contributed by atoms with van der Waals surface area (Å²) in [5.74, 6) is 5.75. The average molecular weight is 277 g/mol. The number of aryl methyl sites for hydroxylation is 1. The van der Waals surface area contributed by atoms with E-state index in [0.29, 0.717) is 9.63 Å². The van der Waals surface area contributed by atoms with E-state index < -0.39 is 0 Å². The van der Waals surface area contributed by atoms with Gasteiger partial charge in [-0.2, -0.15) is 0 Å². The summed E-state index contributed by atoms with van der Waals surface area (Å²) in [5, 5.41) is 2.13. The number of nitrogens with zero attached hydrogens (tertiary/aromatic N) is 1. The summed E-state index contributed by atoms with van der Waals surface area (Å²) >= 11 is 8.92. The van der Waals surface area contributed by atoms with Crippen LogP contribution in [0.1, 0.15) is 5.56 Å². The number of hydrazine groups is 1. The van der Waals surface area contributed by atoms with Gasteiger partial charge in [0.25, 0.3) is 0 Å². The smallest absolute Gasteiger partial charge is 0.0934 e. The van der Waals surface area contributed by atoms with E-state index in [9.17, 15) is 0 Å². The zero-order valence-electron chi connectivity index (χ0n) is 7.67. The molecule has 0 saturated heterocycles. The predicted octanol–water partition coefficient (Wildman–Crippen LogP) is 2.48. The lowest BCUT2D eigenvalue weighted by molar-refractivity contribution is 1.06. The van der Waals surface area contributed by atoms with Crippen LogP contribution in [0, 0.1) is 6.92 Å². The quantitative estimate of drug-likeness (QED) is 0.496. The van der Waals surface area contributed by atoms with Gasteiger partial charge in [0.2, 0.25) is 0 Å². The molecule has 3 nitrogen and oxygen atoms in total. The Bertz CT molecular complexity index is 361. The highest BCUT2D eigenvalue weighted by Crippen LogP contribution is 2.22. The van der Waals surface area contributed by atoms with Crippen molar-refractivity contribution in [1.82, 2.24) is 0 Å². The Kier molecular flexibility index (Phi) is 3.80. The summed E-state index contributed by atoms with van der Waals surface area (Å²) in [5.41, 5.74) is 7.29. The average Bonchev–Trinajstić information content (AvgIpc) is 2.01. The van der Waals surface area contributed by atoms with E-state index in [2.05, 4.69) is 15.9 Å². The van der Waals surface area contributed by atoms with Crippen LogP contribution in [-0.2, 0) is 0 Å². The van der Waals surface area contributed by atoms with Crippen molar-refractivity contribution in [2.24, 2.45) is 11.6 Å². The molecule has 0 saturated carbocycles. The van der Waals surface area contributed by atoms with Crippen molar-refractivity contribution in [1.29, 1.82) is 0 Å². The molecule has 14 heavy (non-hydrogen) atoms. The number of benzene rings is 1. The first-order valence-electron chi connectivity index (χ1n) is 3.93. The Morgan fingerprint density at radius 2 is 2.21 bits per heavy atom. The highest BCUT2D eigenvalue weighted by Gasteiger charge is 2.03. The zero-order chi connectivity index (χ0) is 10.7. The van der Waals surface area contributed by atoms with E-state index in [0.717, 1.165) is 11.3 Å². The Labute approximate surface area is 96.4 Å². The van der Waals surface area contributed by atoms with Crippen LogP contribution in [0.15, 0.2) is 29.0 Å². The molecule has 0 radical (unpaired) electrons. The van der Waals surface area contributed by atoms with Crippen LogP contribution in [0.4, 0.5) is 5.69 Å². The highest BCUT2D eigenvalue weighted by atomic mass is 79.9. The van der Waals surface area contributed by atoms with Gasteiger partial charge >= 0.3 is 0 Å². The summed E-state index contributed by atoms with van der Waals surface area (Å²) < 4.78 is 0.467. The molecular formula is C9H11BrClN3. The number of nitrogens with two attached hydrogens (primary N) is 2. The maximum Gasteiger partial charge on any atom is 0.0934 e. The maximum absolute atomic E-state index is 5.82. The first-order valence-corrected chi connectivity index (χ1v) is 5.10. The summed E-state index contributed by atoms with van der Waals surface area (Å²) in [6.07, 6.45) is 1.58. The van der Waals surface area contributed by atoms with Crippen molar-refractivity contribution in [2.45, 2.75) is 6.92 Å². The van der Waals surface area contributed by atoms with Gasteiger partial charge < -0.3 is 5.73 Å². The molecule has 0 aliphatic rings. The van der Waals surface area contributed by atoms with Gasteiger partial charge in [0.1, 0.15) is 0 Å². The van der Waals surface area contributed by atoms with Gasteiger partial charge in [-0.3, -0.25) is 5.01 Å². The summed E-state index contributed by atoms with van der Waals surface area (Å²) in [6.45, 7) is 1.93. The summed E-state index contributed by atoms with van der Waals surface area (Å²) in [7, 11) is 0. The van der Waals surface area contributed by atoms with Gasteiger partial charge in [-0.25, -0.2) is 5.84 Å². The van der Waals surface area contributed by atoms with Gasteiger partial charge in [-0.05, 0) is 46.6 Å². The van der Waals surface area contributed by atoms with E-state index in [4.69, 9.17) is 23.2 Å². The fourth-order valence-corrected chi connectivity index (χ4v) is 1.56. The summed E-state index contributed by atoms with van der Waals surface area (Å²) in [4.78, 5) is 0. The Hall–Kier alpha value is -0.710. The molecule has 0 aromatic heterocycles. The second-order valence-corrected chi connectivity index (χ2v) is 4.20. The molecule has 5 heteroatoms. The maximum atomic E-state index is 5.82. The second-order valence-electron chi connectivity index (χ2n) is 2.85. The van der Waals surface area contributed by atoms with Gasteiger partial charge in [0, 0.05) is 5.02 Å². The van der Waals surface area contributed by atoms with Crippen molar-refractivity contribution < 1.29 is 0 Å². The predicted molar refractivity (Wildman–Crippen MR) is 64.1 cm³/mol. The van der Waals surface area contributed by atoms with Crippen LogP contribution in [0.3, 0.4) is 0 Å².